The minimum atomic E-state index is -0.241. The summed E-state index contributed by atoms with van der Waals surface area (Å²) in [6.07, 6.45) is 1.36. The maximum atomic E-state index is 9.80. The minimum Gasteiger partial charge on any atom is -0.508 e. The number of nitrogen functional groups attached to an aromatic ring is 1. The number of hydrogen-bond donors (Lipinski definition) is 2. The predicted octanol–water partition coefficient (Wildman–Crippen LogP) is 2.78. The lowest BCUT2D eigenvalue weighted by atomic mass is 9.83. The molecule has 0 saturated carbocycles. The summed E-state index contributed by atoms with van der Waals surface area (Å²) < 4.78 is 16.7. The molecule has 7 nitrogen and oxygen atoms in total. The Morgan fingerprint density at radius 1 is 1.00 bits per heavy atom. The van der Waals surface area contributed by atoms with Gasteiger partial charge in [0.15, 0.2) is 11.5 Å². The van der Waals surface area contributed by atoms with Crippen LogP contribution in [0.4, 0.5) is 5.82 Å². The average molecular weight is 335 g/mol. The number of benzene rings is 2. The van der Waals surface area contributed by atoms with Crippen LogP contribution in [0, 0.1) is 0 Å². The molecule has 7 heteroatoms. The highest BCUT2D eigenvalue weighted by Gasteiger charge is 2.33. The van der Waals surface area contributed by atoms with Crippen LogP contribution in [0.25, 0.3) is 0 Å². The van der Waals surface area contributed by atoms with Gasteiger partial charge in [0, 0.05) is 17.5 Å². The Hall–Kier alpha value is -3.48. The maximum absolute atomic E-state index is 9.80. The Labute approximate surface area is 142 Å². The zero-order valence-corrected chi connectivity index (χ0v) is 13.0. The second-order valence-corrected chi connectivity index (χ2v) is 5.85. The van der Waals surface area contributed by atoms with E-state index in [-0.39, 0.29) is 18.5 Å². The summed E-state index contributed by atoms with van der Waals surface area (Å²) in [5, 5.41) is 9.80. The van der Waals surface area contributed by atoms with E-state index in [1.807, 2.05) is 24.3 Å². The van der Waals surface area contributed by atoms with E-state index < -0.39 is 0 Å². The van der Waals surface area contributed by atoms with Crippen molar-refractivity contribution in [2.75, 3.05) is 12.5 Å². The number of nitrogens with two attached hydrogens (primary N) is 1. The molecule has 0 amide bonds. The summed E-state index contributed by atoms with van der Waals surface area (Å²) >= 11 is 0. The van der Waals surface area contributed by atoms with Crippen molar-refractivity contribution in [1.29, 1.82) is 0 Å². The lowest BCUT2D eigenvalue weighted by Crippen LogP contribution is -2.15. The van der Waals surface area contributed by atoms with Crippen LogP contribution in [0.3, 0.4) is 0 Å². The fourth-order valence-corrected chi connectivity index (χ4v) is 3.29. The molecule has 0 radical (unpaired) electrons. The van der Waals surface area contributed by atoms with Crippen molar-refractivity contribution in [2.24, 2.45) is 0 Å². The molecule has 1 atom stereocenters. The van der Waals surface area contributed by atoms with Crippen molar-refractivity contribution in [3.63, 3.8) is 0 Å². The van der Waals surface area contributed by atoms with Crippen LogP contribution >= 0.6 is 0 Å². The van der Waals surface area contributed by atoms with E-state index in [2.05, 4.69) is 9.97 Å². The van der Waals surface area contributed by atoms with Gasteiger partial charge < -0.3 is 25.1 Å². The topological polar surface area (TPSA) is 99.7 Å². The van der Waals surface area contributed by atoms with E-state index in [1.165, 1.54) is 6.33 Å². The quantitative estimate of drug-likeness (QED) is 0.551. The third-order valence-corrected chi connectivity index (χ3v) is 4.41. The van der Waals surface area contributed by atoms with E-state index >= 15 is 0 Å². The monoisotopic (exact) mass is 335 g/mol. The molecule has 25 heavy (non-hydrogen) atoms. The highest BCUT2D eigenvalue weighted by atomic mass is 16.7. The molecule has 0 bridgehead atoms. The number of phenols is 1. The van der Waals surface area contributed by atoms with Crippen molar-refractivity contribution in [3.8, 4) is 28.9 Å². The SMILES string of the molecule is Nc1ncnc2c1C(c1ccc3c(c1)OCO3)c1ccc(O)cc1O2. The highest BCUT2D eigenvalue weighted by molar-refractivity contribution is 5.64. The molecule has 2 aromatic carbocycles. The average Bonchev–Trinajstić information content (AvgIpc) is 3.07. The molecule has 3 N–H and O–H groups in total. The molecule has 0 saturated heterocycles. The van der Waals surface area contributed by atoms with Gasteiger partial charge in [0.05, 0.1) is 5.56 Å². The normalized spacial score (nSPS) is 16.7. The van der Waals surface area contributed by atoms with E-state index in [9.17, 15) is 5.11 Å². The largest absolute Gasteiger partial charge is 0.508 e. The molecule has 3 heterocycles. The van der Waals surface area contributed by atoms with Gasteiger partial charge in [-0.05, 0) is 23.8 Å². The van der Waals surface area contributed by atoms with Gasteiger partial charge in [-0.2, -0.15) is 0 Å². The van der Waals surface area contributed by atoms with Crippen molar-refractivity contribution in [3.05, 3.63) is 59.4 Å². The Morgan fingerprint density at radius 2 is 1.88 bits per heavy atom. The first-order chi connectivity index (χ1) is 12.2. The zero-order valence-electron chi connectivity index (χ0n) is 13.0. The molecule has 2 aliphatic rings. The number of phenolic OH excluding ortho intramolecular Hbond substituents is 1. The summed E-state index contributed by atoms with van der Waals surface area (Å²) in [5.41, 5.74) is 8.64. The van der Waals surface area contributed by atoms with Gasteiger partial charge in [-0.1, -0.05) is 12.1 Å². The summed E-state index contributed by atoms with van der Waals surface area (Å²) in [4.78, 5) is 8.32. The standard InChI is InChI=1S/C18H13N3O4/c19-17-16-15(9-1-4-12-14(5-9)24-8-23-12)11-3-2-10(22)6-13(11)25-18(16)21-7-20-17/h1-7,15,22H,8H2,(H2,19,20,21). The van der Waals surface area contributed by atoms with E-state index in [1.54, 1.807) is 12.1 Å². The summed E-state index contributed by atoms with van der Waals surface area (Å²) in [5.74, 6) is 2.54. The summed E-state index contributed by atoms with van der Waals surface area (Å²) in [6.45, 7) is 0.207. The third kappa shape index (κ3) is 2.06. The van der Waals surface area contributed by atoms with Gasteiger partial charge in [-0.3, -0.25) is 0 Å². The first kappa shape index (κ1) is 13.9. The molecule has 0 aliphatic carbocycles. The van der Waals surface area contributed by atoms with Crippen molar-refractivity contribution < 1.29 is 19.3 Å². The van der Waals surface area contributed by atoms with Crippen LogP contribution in [0.15, 0.2) is 42.7 Å². The van der Waals surface area contributed by atoms with Gasteiger partial charge in [0.2, 0.25) is 12.7 Å². The number of ether oxygens (including phenoxy) is 3. The Morgan fingerprint density at radius 3 is 2.80 bits per heavy atom. The van der Waals surface area contributed by atoms with Crippen molar-refractivity contribution in [2.45, 2.75) is 5.92 Å². The molecule has 1 aromatic heterocycles. The molecule has 0 spiro atoms. The Bertz CT molecular complexity index is 1010. The van der Waals surface area contributed by atoms with Gasteiger partial charge in [-0.25, -0.2) is 9.97 Å². The first-order valence-electron chi connectivity index (χ1n) is 7.71. The van der Waals surface area contributed by atoms with Crippen LogP contribution in [-0.2, 0) is 0 Å². The smallest absolute Gasteiger partial charge is 0.231 e. The van der Waals surface area contributed by atoms with Gasteiger partial charge in [0.25, 0.3) is 0 Å². The fourth-order valence-electron chi connectivity index (χ4n) is 3.29. The molecule has 1 unspecified atom stereocenters. The summed E-state index contributed by atoms with van der Waals surface area (Å²) in [7, 11) is 0. The molecular weight excluding hydrogens is 322 g/mol. The molecular formula is C18H13N3O4. The van der Waals surface area contributed by atoms with Crippen LogP contribution in [0.1, 0.15) is 22.6 Å². The lowest BCUT2D eigenvalue weighted by molar-refractivity contribution is 0.174. The van der Waals surface area contributed by atoms with E-state index in [0.29, 0.717) is 34.5 Å². The van der Waals surface area contributed by atoms with Crippen LogP contribution in [-0.4, -0.2) is 21.9 Å². The Balaban J connectivity index is 1.76. The Kier molecular flexibility index (Phi) is 2.79. The maximum Gasteiger partial charge on any atom is 0.231 e. The lowest BCUT2D eigenvalue weighted by Gasteiger charge is -2.28. The number of fused-ring (bicyclic) bond motifs is 3. The molecule has 124 valence electrons. The van der Waals surface area contributed by atoms with E-state index in [4.69, 9.17) is 19.9 Å². The van der Waals surface area contributed by atoms with Gasteiger partial charge in [-0.15, -0.1) is 0 Å². The van der Waals surface area contributed by atoms with E-state index in [0.717, 1.165) is 11.1 Å². The summed E-state index contributed by atoms with van der Waals surface area (Å²) in [6, 6.07) is 10.7. The number of hydrogen-bond acceptors (Lipinski definition) is 7. The number of aromatic hydroxyl groups is 1. The van der Waals surface area contributed by atoms with Crippen molar-refractivity contribution >= 4 is 5.82 Å². The number of aromatic nitrogens is 2. The van der Waals surface area contributed by atoms with Crippen LogP contribution < -0.4 is 19.9 Å². The van der Waals surface area contributed by atoms with Crippen LogP contribution in [0.2, 0.25) is 0 Å². The third-order valence-electron chi connectivity index (χ3n) is 4.41. The zero-order chi connectivity index (χ0) is 17.0. The number of anilines is 1. The molecule has 0 fully saturated rings. The fraction of sp³-hybridized carbons (Fsp3) is 0.111. The first-order valence-corrected chi connectivity index (χ1v) is 7.71. The predicted molar refractivity (Wildman–Crippen MR) is 88.1 cm³/mol. The minimum absolute atomic E-state index is 0.119. The highest BCUT2D eigenvalue weighted by Crippen LogP contribution is 2.50. The number of rotatable bonds is 1. The molecule has 5 rings (SSSR count). The second kappa shape index (κ2) is 5.01. The van der Waals surface area contributed by atoms with Gasteiger partial charge >= 0.3 is 0 Å². The molecule has 2 aliphatic heterocycles. The number of nitrogens with zero attached hydrogens (tertiary/aromatic N) is 2. The van der Waals surface area contributed by atoms with Crippen LogP contribution in [0.5, 0.6) is 28.9 Å². The van der Waals surface area contributed by atoms with Crippen molar-refractivity contribution in [1.82, 2.24) is 9.97 Å². The molecule has 3 aromatic rings. The second-order valence-electron chi connectivity index (χ2n) is 5.85. The van der Waals surface area contributed by atoms with Gasteiger partial charge in [0.1, 0.15) is 23.6 Å².